The van der Waals surface area contributed by atoms with E-state index < -0.39 is 10.0 Å². The first-order valence-corrected chi connectivity index (χ1v) is 8.62. The summed E-state index contributed by atoms with van der Waals surface area (Å²) in [5.74, 6) is 0.557. The predicted molar refractivity (Wildman–Crippen MR) is 80.9 cm³/mol. The molecule has 0 saturated heterocycles. The molecular weight excluding hydrogens is 282 g/mol. The highest BCUT2D eigenvalue weighted by molar-refractivity contribution is 7.89. The van der Waals surface area contributed by atoms with Crippen molar-refractivity contribution in [3.63, 3.8) is 0 Å². The predicted octanol–water partition coefficient (Wildman–Crippen LogP) is 3.76. The van der Waals surface area contributed by atoms with Crippen LogP contribution in [0, 0.1) is 5.92 Å². The fourth-order valence-corrected chi connectivity index (χ4v) is 3.51. The SMILES string of the molecule is CCC(NS(=O)(=O)CCC(C)C)c1ccc(Cl)cc1. The summed E-state index contributed by atoms with van der Waals surface area (Å²) in [6.45, 7) is 6.00. The summed E-state index contributed by atoms with van der Waals surface area (Å²) in [5.41, 5.74) is 0.944. The summed E-state index contributed by atoms with van der Waals surface area (Å²) in [5, 5.41) is 0.654. The highest BCUT2D eigenvalue weighted by atomic mass is 35.5. The van der Waals surface area contributed by atoms with Crippen LogP contribution in [0.2, 0.25) is 5.02 Å². The minimum Gasteiger partial charge on any atom is -0.212 e. The number of benzene rings is 1. The monoisotopic (exact) mass is 303 g/mol. The zero-order chi connectivity index (χ0) is 14.5. The molecule has 1 aromatic rings. The molecule has 0 aliphatic carbocycles. The lowest BCUT2D eigenvalue weighted by Gasteiger charge is -2.18. The second kappa shape index (κ2) is 7.27. The molecule has 0 aromatic heterocycles. The average molecular weight is 304 g/mol. The molecule has 0 heterocycles. The molecule has 0 spiro atoms. The normalized spacial score (nSPS) is 13.7. The molecule has 0 saturated carbocycles. The molecule has 0 aliphatic rings. The van der Waals surface area contributed by atoms with E-state index in [2.05, 4.69) is 4.72 Å². The van der Waals surface area contributed by atoms with Gasteiger partial charge in [0.25, 0.3) is 0 Å². The molecular formula is C14H22ClNO2S. The van der Waals surface area contributed by atoms with E-state index in [1.165, 1.54) is 0 Å². The van der Waals surface area contributed by atoms with Gasteiger partial charge in [-0.25, -0.2) is 13.1 Å². The Morgan fingerprint density at radius 1 is 1.21 bits per heavy atom. The van der Waals surface area contributed by atoms with Crippen LogP contribution in [0.4, 0.5) is 0 Å². The Labute approximate surface area is 121 Å². The van der Waals surface area contributed by atoms with Gasteiger partial charge in [-0.05, 0) is 36.5 Å². The van der Waals surface area contributed by atoms with Gasteiger partial charge in [0.1, 0.15) is 0 Å². The van der Waals surface area contributed by atoms with Crippen LogP contribution >= 0.6 is 11.6 Å². The molecule has 108 valence electrons. The smallest absolute Gasteiger partial charge is 0.212 e. The van der Waals surface area contributed by atoms with Gasteiger partial charge in [0, 0.05) is 11.1 Å². The van der Waals surface area contributed by atoms with Crippen LogP contribution in [0.3, 0.4) is 0 Å². The summed E-state index contributed by atoms with van der Waals surface area (Å²) in [4.78, 5) is 0. The maximum atomic E-state index is 12.0. The van der Waals surface area contributed by atoms with Crippen LogP contribution in [0.5, 0.6) is 0 Å². The van der Waals surface area contributed by atoms with E-state index in [4.69, 9.17) is 11.6 Å². The Morgan fingerprint density at radius 3 is 2.26 bits per heavy atom. The van der Waals surface area contributed by atoms with Gasteiger partial charge in [0.2, 0.25) is 10.0 Å². The Hall–Kier alpha value is -0.580. The first-order chi connectivity index (χ1) is 8.84. The van der Waals surface area contributed by atoms with Gasteiger partial charge in [-0.1, -0.05) is 44.5 Å². The van der Waals surface area contributed by atoms with Gasteiger partial charge >= 0.3 is 0 Å². The van der Waals surface area contributed by atoms with Crippen LogP contribution in [0.1, 0.15) is 45.2 Å². The summed E-state index contributed by atoms with van der Waals surface area (Å²) in [7, 11) is -3.23. The van der Waals surface area contributed by atoms with Crippen molar-refractivity contribution in [1.29, 1.82) is 0 Å². The first kappa shape index (κ1) is 16.5. The average Bonchev–Trinajstić information content (AvgIpc) is 2.35. The molecule has 3 nitrogen and oxygen atoms in total. The van der Waals surface area contributed by atoms with E-state index in [-0.39, 0.29) is 11.8 Å². The molecule has 1 N–H and O–H groups in total. The summed E-state index contributed by atoms with van der Waals surface area (Å²) >= 11 is 5.84. The number of hydrogen-bond donors (Lipinski definition) is 1. The maximum absolute atomic E-state index is 12.0. The summed E-state index contributed by atoms with van der Waals surface area (Å²) in [6.07, 6.45) is 1.38. The number of rotatable bonds is 7. The standard InChI is InChI=1S/C14H22ClNO2S/c1-4-14(12-5-7-13(15)8-6-12)16-19(17,18)10-9-11(2)3/h5-8,11,14,16H,4,9-10H2,1-3H3. The van der Waals surface area contributed by atoms with Crippen LogP contribution in [0.25, 0.3) is 0 Å². The lowest BCUT2D eigenvalue weighted by molar-refractivity contribution is 0.537. The molecule has 0 amide bonds. The maximum Gasteiger partial charge on any atom is 0.212 e. The molecule has 1 rings (SSSR count). The Balaban J connectivity index is 2.73. The number of hydrogen-bond acceptors (Lipinski definition) is 2. The van der Waals surface area contributed by atoms with E-state index in [1.54, 1.807) is 12.1 Å². The third-order valence-electron chi connectivity index (χ3n) is 2.97. The topological polar surface area (TPSA) is 46.2 Å². The van der Waals surface area contributed by atoms with Crippen molar-refractivity contribution in [2.75, 3.05) is 5.75 Å². The van der Waals surface area contributed by atoms with Gasteiger partial charge in [-0.3, -0.25) is 0 Å². The fourth-order valence-electron chi connectivity index (χ4n) is 1.75. The van der Waals surface area contributed by atoms with Gasteiger partial charge in [0.05, 0.1) is 5.75 Å². The van der Waals surface area contributed by atoms with Crippen molar-refractivity contribution in [3.05, 3.63) is 34.9 Å². The van der Waals surface area contributed by atoms with Crippen LogP contribution in [-0.2, 0) is 10.0 Å². The lowest BCUT2D eigenvalue weighted by atomic mass is 10.1. The Bertz CT molecular complexity index is 483. The Morgan fingerprint density at radius 2 is 1.79 bits per heavy atom. The number of sulfonamides is 1. The van der Waals surface area contributed by atoms with Gasteiger partial charge in [-0.2, -0.15) is 0 Å². The molecule has 0 radical (unpaired) electrons. The van der Waals surface area contributed by atoms with Crippen LogP contribution in [0.15, 0.2) is 24.3 Å². The minimum absolute atomic E-state index is 0.175. The second-order valence-corrected chi connectivity index (χ2v) is 7.44. The van der Waals surface area contributed by atoms with Gasteiger partial charge in [-0.15, -0.1) is 0 Å². The van der Waals surface area contributed by atoms with Crippen LogP contribution in [-0.4, -0.2) is 14.2 Å². The van der Waals surface area contributed by atoms with E-state index >= 15 is 0 Å². The zero-order valence-electron chi connectivity index (χ0n) is 11.7. The van der Waals surface area contributed by atoms with Crippen molar-refractivity contribution in [1.82, 2.24) is 4.72 Å². The summed E-state index contributed by atoms with van der Waals surface area (Å²) < 4.78 is 26.8. The van der Waals surface area contributed by atoms with Crippen molar-refractivity contribution in [2.45, 2.75) is 39.7 Å². The molecule has 19 heavy (non-hydrogen) atoms. The molecule has 5 heteroatoms. The molecule has 0 bridgehead atoms. The van der Waals surface area contributed by atoms with Crippen molar-refractivity contribution in [2.24, 2.45) is 5.92 Å². The molecule has 0 aliphatic heterocycles. The van der Waals surface area contributed by atoms with E-state index in [9.17, 15) is 8.42 Å². The quantitative estimate of drug-likeness (QED) is 0.833. The molecule has 1 atom stereocenters. The van der Waals surface area contributed by atoms with E-state index in [0.717, 1.165) is 5.56 Å². The van der Waals surface area contributed by atoms with Crippen molar-refractivity contribution in [3.8, 4) is 0 Å². The first-order valence-electron chi connectivity index (χ1n) is 6.59. The number of halogens is 1. The highest BCUT2D eigenvalue weighted by Crippen LogP contribution is 2.20. The highest BCUT2D eigenvalue weighted by Gasteiger charge is 2.18. The fraction of sp³-hybridized carbons (Fsp3) is 0.571. The largest absolute Gasteiger partial charge is 0.212 e. The molecule has 0 fully saturated rings. The lowest BCUT2D eigenvalue weighted by Crippen LogP contribution is -2.30. The zero-order valence-corrected chi connectivity index (χ0v) is 13.3. The van der Waals surface area contributed by atoms with Crippen molar-refractivity contribution >= 4 is 21.6 Å². The summed E-state index contributed by atoms with van der Waals surface area (Å²) in [6, 6.07) is 7.10. The molecule has 1 aromatic carbocycles. The minimum atomic E-state index is -3.23. The number of nitrogens with one attached hydrogen (secondary N) is 1. The van der Waals surface area contributed by atoms with Gasteiger partial charge in [0.15, 0.2) is 0 Å². The molecule has 1 unspecified atom stereocenters. The van der Waals surface area contributed by atoms with E-state index in [1.807, 2.05) is 32.9 Å². The van der Waals surface area contributed by atoms with Gasteiger partial charge < -0.3 is 0 Å². The third kappa shape index (κ3) is 5.93. The second-order valence-electron chi connectivity index (χ2n) is 5.13. The third-order valence-corrected chi connectivity index (χ3v) is 4.64. The van der Waals surface area contributed by atoms with Crippen molar-refractivity contribution < 1.29 is 8.42 Å². The van der Waals surface area contributed by atoms with E-state index in [0.29, 0.717) is 23.8 Å². The van der Waals surface area contributed by atoms with Crippen LogP contribution < -0.4 is 4.72 Å². The Kier molecular flexibility index (Phi) is 6.30.